The number of carbonyl (C=O) groups excluding carboxylic acids is 1. The number of nitrogens with zero attached hydrogens (tertiary/aromatic N) is 2. The quantitative estimate of drug-likeness (QED) is 0.363. The van der Waals surface area contributed by atoms with Crippen molar-refractivity contribution in [3.05, 3.63) is 76.9 Å². The molecule has 36 heavy (non-hydrogen) atoms. The second-order valence-corrected chi connectivity index (χ2v) is 11.5. The van der Waals surface area contributed by atoms with Crippen LogP contribution in [0.2, 0.25) is 5.02 Å². The smallest absolute Gasteiger partial charge is 0.272 e. The van der Waals surface area contributed by atoms with E-state index in [9.17, 15) is 4.79 Å². The number of pyridine rings is 1. The fourth-order valence-corrected chi connectivity index (χ4v) is 6.76. The molecule has 6 heteroatoms. The Balaban J connectivity index is 1.28. The number of fused-ring (bicyclic) bond motifs is 1. The Hall–Kier alpha value is -3.05. The molecule has 2 aliphatic carbocycles. The fraction of sp³-hybridized carbons (Fsp3) is 0.400. The van der Waals surface area contributed by atoms with Gasteiger partial charge in [0.15, 0.2) is 0 Å². The summed E-state index contributed by atoms with van der Waals surface area (Å²) in [6.45, 7) is 4.80. The molecule has 0 radical (unpaired) electrons. The third kappa shape index (κ3) is 4.81. The Labute approximate surface area is 219 Å². The molecule has 5 nitrogen and oxygen atoms in total. The molecule has 2 aromatic carbocycles. The van der Waals surface area contributed by atoms with Gasteiger partial charge in [-0.25, -0.2) is 4.98 Å². The van der Waals surface area contributed by atoms with Gasteiger partial charge < -0.3 is 15.5 Å². The monoisotopic (exact) mass is 502 g/mol. The number of hydrogen-bond donors (Lipinski definition) is 2. The standard InChI is InChI=1S/C30H35ClN4O/c1-19-14-22-15-20(2)18-30(22,17-19)21-8-13-26(25(31)16-21)32-23-9-11-24(12-10-23)33-28-7-5-6-27(34-28)29(36)35(3)4/h5-13,16,19-20,22,32H,14-15,17-18H2,1-4H3,(H,33,34). The fourth-order valence-electron chi connectivity index (χ4n) is 6.54. The van der Waals surface area contributed by atoms with Crippen LogP contribution in [0.3, 0.4) is 0 Å². The average molecular weight is 503 g/mol. The van der Waals surface area contributed by atoms with Gasteiger partial charge in [0.1, 0.15) is 11.5 Å². The Morgan fingerprint density at radius 2 is 1.58 bits per heavy atom. The highest BCUT2D eigenvalue weighted by Gasteiger charge is 2.52. The van der Waals surface area contributed by atoms with Crippen molar-refractivity contribution in [2.45, 2.75) is 44.9 Å². The number of aromatic nitrogens is 1. The number of hydrogen-bond acceptors (Lipinski definition) is 4. The van der Waals surface area contributed by atoms with Crippen LogP contribution in [0.25, 0.3) is 0 Å². The van der Waals surface area contributed by atoms with Crippen LogP contribution in [0, 0.1) is 17.8 Å². The highest BCUT2D eigenvalue weighted by atomic mass is 35.5. The van der Waals surface area contributed by atoms with Crippen molar-refractivity contribution < 1.29 is 4.79 Å². The van der Waals surface area contributed by atoms with Crippen molar-refractivity contribution in [2.75, 3.05) is 24.7 Å². The van der Waals surface area contributed by atoms with Crippen molar-refractivity contribution in [3.63, 3.8) is 0 Å². The number of nitrogens with one attached hydrogen (secondary N) is 2. The molecule has 5 rings (SSSR count). The Morgan fingerprint density at radius 3 is 2.19 bits per heavy atom. The normalized spacial score (nSPS) is 24.9. The largest absolute Gasteiger partial charge is 0.354 e. The van der Waals surface area contributed by atoms with Gasteiger partial charge in [0.2, 0.25) is 0 Å². The van der Waals surface area contributed by atoms with Gasteiger partial charge in [-0.2, -0.15) is 0 Å². The molecule has 2 unspecified atom stereocenters. The molecule has 2 N–H and O–H groups in total. The van der Waals surface area contributed by atoms with Gasteiger partial charge in [-0.3, -0.25) is 4.79 Å². The maximum atomic E-state index is 12.2. The number of anilines is 4. The molecule has 0 aliphatic heterocycles. The molecule has 0 bridgehead atoms. The summed E-state index contributed by atoms with van der Waals surface area (Å²) in [4.78, 5) is 18.1. The van der Waals surface area contributed by atoms with Crippen molar-refractivity contribution >= 4 is 40.4 Å². The molecular formula is C30H35ClN4O. The summed E-state index contributed by atoms with van der Waals surface area (Å²) in [7, 11) is 3.44. The van der Waals surface area contributed by atoms with Gasteiger partial charge in [-0.15, -0.1) is 0 Å². The molecular weight excluding hydrogens is 468 g/mol. The molecule has 0 spiro atoms. The third-order valence-corrected chi connectivity index (χ3v) is 8.25. The maximum Gasteiger partial charge on any atom is 0.272 e. The zero-order valence-corrected chi connectivity index (χ0v) is 22.3. The van der Waals surface area contributed by atoms with Crippen LogP contribution >= 0.6 is 11.6 Å². The molecule has 2 atom stereocenters. The summed E-state index contributed by atoms with van der Waals surface area (Å²) < 4.78 is 0. The van der Waals surface area contributed by atoms with Crippen molar-refractivity contribution in [2.24, 2.45) is 17.8 Å². The highest BCUT2D eigenvalue weighted by molar-refractivity contribution is 6.33. The first-order valence-electron chi connectivity index (χ1n) is 12.9. The minimum Gasteiger partial charge on any atom is -0.354 e. The first-order chi connectivity index (χ1) is 17.2. The molecule has 3 aromatic rings. The summed E-state index contributed by atoms with van der Waals surface area (Å²) in [5.74, 6) is 2.87. The minimum absolute atomic E-state index is 0.124. The van der Waals surface area contributed by atoms with Gasteiger partial charge in [0, 0.05) is 25.5 Å². The average Bonchev–Trinajstić information content (AvgIpc) is 3.32. The van der Waals surface area contributed by atoms with E-state index in [0.29, 0.717) is 16.9 Å². The molecule has 2 aliphatic rings. The lowest BCUT2D eigenvalue weighted by Gasteiger charge is -2.31. The molecule has 2 fully saturated rings. The Kier molecular flexibility index (Phi) is 6.69. The van der Waals surface area contributed by atoms with Crippen molar-refractivity contribution in [1.29, 1.82) is 0 Å². The van der Waals surface area contributed by atoms with E-state index in [-0.39, 0.29) is 5.91 Å². The summed E-state index contributed by atoms with van der Waals surface area (Å²) in [6.07, 6.45) is 5.24. The topological polar surface area (TPSA) is 57.3 Å². The van der Waals surface area contributed by atoms with Crippen LogP contribution in [0.1, 0.15) is 55.6 Å². The number of benzene rings is 2. The van der Waals surface area contributed by atoms with Crippen molar-refractivity contribution in [1.82, 2.24) is 9.88 Å². The molecule has 188 valence electrons. The summed E-state index contributed by atoms with van der Waals surface area (Å²) in [5, 5.41) is 7.51. The molecule has 1 amide bonds. The third-order valence-electron chi connectivity index (χ3n) is 7.94. The number of amides is 1. The molecule has 1 aromatic heterocycles. The van der Waals surface area contributed by atoms with E-state index < -0.39 is 0 Å². The second kappa shape index (κ2) is 9.78. The zero-order chi connectivity index (χ0) is 25.4. The predicted octanol–water partition coefficient (Wildman–Crippen LogP) is 7.64. The molecule has 2 saturated carbocycles. The van der Waals surface area contributed by atoms with E-state index in [0.717, 1.165) is 39.8 Å². The predicted molar refractivity (Wildman–Crippen MR) is 149 cm³/mol. The van der Waals surface area contributed by atoms with Gasteiger partial charge in [0.25, 0.3) is 5.91 Å². The lowest BCUT2D eigenvalue weighted by Crippen LogP contribution is -2.25. The van der Waals surface area contributed by atoms with E-state index in [1.807, 2.05) is 36.4 Å². The number of carbonyl (C=O) groups is 1. The Morgan fingerprint density at radius 1 is 0.944 bits per heavy atom. The van der Waals surface area contributed by atoms with E-state index in [1.165, 1.54) is 36.1 Å². The second-order valence-electron chi connectivity index (χ2n) is 11.1. The van der Waals surface area contributed by atoms with Crippen LogP contribution in [0.4, 0.5) is 22.9 Å². The summed E-state index contributed by atoms with van der Waals surface area (Å²) >= 11 is 6.80. The minimum atomic E-state index is -0.124. The van der Waals surface area contributed by atoms with Gasteiger partial charge >= 0.3 is 0 Å². The van der Waals surface area contributed by atoms with E-state index in [4.69, 9.17) is 11.6 Å². The van der Waals surface area contributed by atoms with Crippen LogP contribution in [-0.4, -0.2) is 29.9 Å². The van der Waals surface area contributed by atoms with Gasteiger partial charge in [-0.05, 0) is 103 Å². The lowest BCUT2D eigenvalue weighted by molar-refractivity contribution is 0.0822. The van der Waals surface area contributed by atoms with Crippen LogP contribution in [0.5, 0.6) is 0 Å². The number of halogens is 1. The van der Waals surface area contributed by atoms with E-state index in [2.05, 4.69) is 47.7 Å². The van der Waals surface area contributed by atoms with Crippen LogP contribution < -0.4 is 10.6 Å². The molecule has 1 heterocycles. The molecule has 0 saturated heterocycles. The first-order valence-corrected chi connectivity index (χ1v) is 13.2. The zero-order valence-electron chi connectivity index (χ0n) is 21.5. The van der Waals surface area contributed by atoms with E-state index >= 15 is 0 Å². The van der Waals surface area contributed by atoms with Crippen molar-refractivity contribution in [3.8, 4) is 0 Å². The van der Waals surface area contributed by atoms with Gasteiger partial charge in [-0.1, -0.05) is 37.6 Å². The van der Waals surface area contributed by atoms with E-state index in [1.54, 1.807) is 20.2 Å². The SMILES string of the molecule is CC1CC2CC(C)CC2(c2ccc(Nc3ccc(Nc4cccc(C(=O)N(C)C)n4)cc3)c(Cl)c2)C1. The van der Waals surface area contributed by atoms with Crippen LogP contribution in [0.15, 0.2) is 60.7 Å². The lowest BCUT2D eigenvalue weighted by atomic mass is 9.73. The summed E-state index contributed by atoms with van der Waals surface area (Å²) in [6, 6.07) is 20.0. The Bertz CT molecular complexity index is 1240. The summed E-state index contributed by atoms with van der Waals surface area (Å²) in [5.41, 5.74) is 4.89. The van der Waals surface area contributed by atoms with Crippen LogP contribution in [-0.2, 0) is 5.41 Å². The maximum absolute atomic E-state index is 12.2. The van der Waals surface area contributed by atoms with Gasteiger partial charge in [0.05, 0.1) is 10.7 Å². The number of rotatable bonds is 6. The first kappa shape index (κ1) is 24.6. The highest BCUT2D eigenvalue weighted by Crippen LogP contribution is 2.59.